The van der Waals surface area contributed by atoms with Crippen molar-refractivity contribution < 1.29 is 23.8 Å². The van der Waals surface area contributed by atoms with Crippen LogP contribution in [0.4, 0.5) is 0 Å². The normalized spacial score (nSPS) is 12.8. The number of ether oxygens (including phenoxy) is 1. The van der Waals surface area contributed by atoms with Crippen LogP contribution in [0.5, 0.6) is 5.75 Å². The van der Waals surface area contributed by atoms with Crippen LogP contribution in [0.3, 0.4) is 0 Å². The summed E-state index contributed by atoms with van der Waals surface area (Å²) in [5.41, 5.74) is 2.35. The molecule has 0 aliphatic rings. The number of unbranched alkanes of at least 4 members (excludes halogenated alkanes) is 1. The topological polar surface area (TPSA) is 106 Å². The Labute approximate surface area is 192 Å². The van der Waals surface area contributed by atoms with Gasteiger partial charge < -0.3 is 19.6 Å². The summed E-state index contributed by atoms with van der Waals surface area (Å²) in [6, 6.07) is 13.1. The van der Waals surface area contributed by atoms with Crippen LogP contribution in [0.1, 0.15) is 43.4 Å². The van der Waals surface area contributed by atoms with Gasteiger partial charge in [-0.15, -0.1) is 0 Å². The molecule has 0 saturated carbocycles. The fourth-order valence-electron chi connectivity index (χ4n) is 3.69. The summed E-state index contributed by atoms with van der Waals surface area (Å²) < 4.78 is 11.3. The number of hydrogen-bond donors (Lipinski definition) is 2. The summed E-state index contributed by atoms with van der Waals surface area (Å²) in [6.07, 6.45) is 1.95. The van der Waals surface area contributed by atoms with Gasteiger partial charge in [0.15, 0.2) is 6.10 Å². The molecule has 0 bridgehead atoms. The van der Waals surface area contributed by atoms with Crippen LogP contribution in [0.2, 0.25) is 0 Å². The standard InChI is InChI=1S/C26H29NO6/c1-4-5-11-19-15-23(28)33-24-16(2)22(13-12-20(19)24)32-17(3)25(29)27-21(26(30)31)14-18-9-7-6-8-10-18/h6-10,12-13,15,17,21H,4-5,11,14H2,1-3H3,(H,27,29)(H,30,31)/t17?,21-/m0/s1. The monoisotopic (exact) mass is 451 g/mol. The minimum absolute atomic E-state index is 0.162. The maximum absolute atomic E-state index is 12.7. The molecule has 0 aliphatic heterocycles. The van der Waals surface area contributed by atoms with E-state index in [0.29, 0.717) is 16.9 Å². The predicted octanol–water partition coefficient (Wildman–Crippen LogP) is 4.02. The zero-order valence-electron chi connectivity index (χ0n) is 19.1. The van der Waals surface area contributed by atoms with Crippen molar-refractivity contribution in [3.63, 3.8) is 0 Å². The molecule has 2 N–H and O–H groups in total. The molecule has 0 aliphatic carbocycles. The largest absolute Gasteiger partial charge is 0.480 e. The van der Waals surface area contributed by atoms with E-state index in [1.54, 1.807) is 19.9 Å². The lowest BCUT2D eigenvalue weighted by Gasteiger charge is -2.20. The number of carboxylic acids is 1. The number of nitrogens with one attached hydrogen (secondary N) is 1. The second kappa shape index (κ2) is 10.8. The molecule has 0 radical (unpaired) electrons. The minimum atomic E-state index is -1.12. The lowest BCUT2D eigenvalue weighted by molar-refractivity contribution is -0.142. The van der Waals surface area contributed by atoms with Gasteiger partial charge in [0.25, 0.3) is 5.91 Å². The number of fused-ring (bicyclic) bond motifs is 1. The Hall–Kier alpha value is -3.61. The quantitative estimate of drug-likeness (QED) is 0.451. The highest BCUT2D eigenvalue weighted by atomic mass is 16.5. The number of carbonyl (C=O) groups excluding carboxylic acids is 1. The maximum Gasteiger partial charge on any atom is 0.336 e. The molecule has 33 heavy (non-hydrogen) atoms. The van der Waals surface area contributed by atoms with E-state index in [2.05, 4.69) is 12.2 Å². The van der Waals surface area contributed by atoms with Crippen LogP contribution < -0.4 is 15.7 Å². The molecule has 2 aromatic carbocycles. The Bertz CT molecular complexity index is 1180. The number of aryl methyl sites for hydroxylation is 2. The molecule has 1 heterocycles. The van der Waals surface area contributed by atoms with Crippen molar-refractivity contribution in [3.8, 4) is 5.75 Å². The summed E-state index contributed by atoms with van der Waals surface area (Å²) in [4.78, 5) is 36.4. The lowest BCUT2D eigenvalue weighted by Crippen LogP contribution is -2.47. The second-order valence-corrected chi connectivity index (χ2v) is 8.11. The van der Waals surface area contributed by atoms with E-state index in [9.17, 15) is 19.5 Å². The number of amides is 1. The van der Waals surface area contributed by atoms with Gasteiger partial charge in [-0.25, -0.2) is 9.59 Å². The highest BCUT2D eigenvalue weighted by Crippen LogP contribution is 2.29. The molecule has 1 unspecified atom stereocenters. The van der Waals surface area contributed by atoms with Crippen molar-refractivity contribution in [2.45, 2.75) is 58.6 Å². The average molecular weight is 452 g/mol. The van der Waals surface area contributed by atoms with E-state index >= 15 is 0 Å². The number of aliphatic carboxylic acids is 1. The van der Waals surface area contributed by atoms with Gasteiger partial charge in [0.1, 0.15) is 17.4 Å². The Kier molecular flexibility index (Phi) is 7.87. The van der Waals surface area contributed by atoms with Gasteiger partial charge in [0.05, 0.1) is 0 Å². The van der Waals surface area contributed by atoms with Crippen molar-refractivity contribution >= 4 is 22.8 Å². The summed E-state index contributed by atoms with van der Waals surface area (Å²) in [7, 11) is 0. The Morgan fingerprint density at radius 3 is 2.55 bits per heavy atom. The van der Waals surface area contributed by atoms with E-state index in [0.717, 1.165) is 35.8 Å². The van der Waals surface area contributed by atoms with Crippen molar-refractivity contribution in [1.82, 2.24) is 5.32 Å². The minimum Gasteiger partial charge on any atom is -0.480 e. The van der Waals surface area contributed by atoms with Gasteiger partial charge in [-0.05, 0) is 49.9 Å². The van der Waals surface area contributed by atoms with Crippen molar-refractivity contribution in [1.29, 1.82) is 0 Å². The summed E-state index contributed by atoms with van der Waals surface area (Å²) in [5, 5.41) is 12.9. The fourth-order valence-corrected chi connectivity index (χ4v) is 3.69. The molecule has 0 saturated heterocycles. The summed E-state index contributed by atoms with van der Waals surface area (Å²) >= 11 is 0. The SMILES string of the molecule is CCCCc1cc(=O)oc2c(C)c(OC(C)C(=O)N[C@@H](Cc3ccccc3)C(=O)O)ccc12. The number of carbonyl (C=O) groups is 2. The van der Waals surface area contributed by atoms with Gasteiger partial charge >= 0.3 is 11.6 Å². The predicted molar refractivity (Wildman–Crippen MR) is 126 cm³/mol. The lowest BCUT2D eigenvalue weighted by atomic mass is 10.0. The first kappa shape index (κ1) is 24.0. The van der Waals surface area contributed by atoms with E-state index < -0.39 is 29.6 Å². The number of hydrogen-bond acceptors (Lipinski definition) is 5. The first-order valence-corrected chi connectivity index (χ1v) is 11.1. The highest BCUT2D eigenvalue weighted by molar-refractivity contribution is 5.87. The smallest absolute Gasteiger partial charge is 0.336 e. The molecule has 2 atom stereocenters. The molecular formula is C26H29NO6. The first-order valence-electron chi connectivity index (χ1n) is 11.1. The molecule has 7 heteroatoms. The van der Waals surface area contributed by atoms with Crippen LogP contribution in [-0.2, 0) is 22.4 Å². The van der Waals surface area contributed by atoms with Crippen molar-refractivity contribution in [2.75, 3.05) is 0 Å². The van der Waals surface area contributed by atoms with Crippen LogP contribution in [0.15, 0.2) is 57.7 Å². The Balaban J connectivity index is 1.77. The zero-order chi connectivity index (χ0) is 24.0. The van der Waals surface area contributed by atoms with E-state index in [1.807, 2.05) is 36.4 Å². The second-order valence-electron chi connectivity index (χ2n) is 8.11. The average Bonchev–Trinajstić information content (AvgIpc) is 2.79. The molecule has 0 spiro atoms. The van der Waals surface area contributed by atoms with Gasteiger partial charge in [0, 0.05) is 23.4 Å². The first-order chi connectivity index (χ1) is 15.8. The third kappa shape index (κ3) is 6.00. The number of carboxylic acid groups (broad SMARTS) is 1. The van der Waals surface area contributed by atoms with Crippen LogP contribution in [-0.4, -0.2) is 29.1 Å². The van der Waals surface area contributed by atoms with Crippen LogP contribution >= 0.6 is 0 Å². The maximum atomic E-state index is 12.7. The van der Waals surface area contributed by atoms with Crippen LogP contribution in [0.25, 0.3) is 11.0 Å². The third-order valence-electron chi connectivity index (χ3n) is 5.57. The van der Waals surface area contributed by atoms with E-state index in [-0.39, 0.29) is 6.42 Å². The summed E-state index contributed by atoms with van der Waals surface area (Å²) in [5.74, 6) is -1.27. The van der Waals surface area contributed by atoms with Gasteiger partial charge in [0.2, 0.25) is 0 Å². The molecule has 7 nitrogen and oxygen atoms in total. The number of rotatable bonds is 10. The Morgan fingerprint density at radius 2 is 1.88 bits per heavy atom. The Morgan fingerprint density at radius 1 is 1.15 bits per heavy atom. The molecule has 1 aromatic heterocycles. The van der Waals surface area contributed by atoms with E-state index in [4.69, 9.17) is 9.15 Å². The van der Waals surface area contributed by atoms with Gasteiger partial charge in [-0.2, -0.15) is 0 Å². The van der Waals surface area contributed by atoms with Gasteiger partial charge in [-0.1, -0.05) is 43.7 Å². The number of benzene rings is 2. The van der Waals surface area contributed by atoms with Crippen LogP contribution in [0, 0.1) is 6.92 Å². The molecular weight excluding hydrogens is 422 g/mol. The third-order valence-corrected chi connectivity index (χ3v) is 5.57. The van der Waals surface area contributed by atoms with Crippen molar-refractivity contribution in [3.05, 3.63) is 75.6 Å². The molecule has 0 fully saturated rings. The van der Waals surface area contributed by atoms with E-state index in [1.165, 1.54) is 6.07 Å². The zero-order valence-corrected chi connectivity index (χ0v) is 19.1. The molecule has 3 rings (SSSR count). The fraction of sp³-hybridized carbons (Fsp3) is 0.346. The molecule has 3 aromatic rings. The summed E-state index contributed by atoms with van der Waals surface area (Å²) in [6.45, 7) is 5.41. The van der Waals surface area contributed by atoms with Gasteiger partial charge in [-0.3, -0.25) is 4.79 Å². The molecule has 1 amide bonds. The van der Waals surface area contributed by atoms with Crippen molar-refractivity contribution in [2.24, 2.45) is 0 Å². The highest BCUT2D eigenvalue weighted by Gasteiger charge is 2.25. The molecule has 174 valence electrons.